The molecule has 1 aromatic heterocycles. The lowest BCUT2D eigenvalue weighted by Crippen LogP contribution is -2.25. The fraction of sp³-hybridized carbons (Fsp3) is 0.231. The molecule has 0 saturated carbocycles. The van der Waals surface area contributed by atoms with Crippen LogP contribution in [0.1, 0.15) is 34.9 Å². The van der Waals surface area contributed by atoms with E-state index in [1.54, 1.807) is 6.07 Å². The fourth-order valence-electron chi connectivity index (χ4n) is 4.31. The van der Waals surface area contributed by atoms with Crippen LogP contribution in [0.3, 0.4) is 0 Å². The van der Waals surface area contributed by atoms with Gasteiger partial charge in [0.25, 0.3) is 5.91 Å². The zero-order valence-electron chi connectivity index (χ0n) is 17.9. The normalized spacial score (nSPS) is 16.7. The van der Waals surface area contributed by atoms with E-state index in [1.807, 2.05) is 24.4 Å². The quantitative estimate of drug-likeness (QED) is 0.580. The number of halogens is 1. The minimum absolute atomic E-state index is 0.260. The molecule has 162 valence electrons. The summed E-state index contributed by atoms with van der Waals surface area (Å²) in [5, 5.41) is 2.80. The van der Waals surface area contributed by atoms with Gasteiger partial charge in [-0.3, -0.25) is 14.7 Å². The summed E-state index contributed by atoms with van der Waals surface area (Å²) in [4.78, 5) is 19.4. The summed E-state index contributed by atoms with van der Waals surface area (Å²) in [6, 6.07) is 16.5. The van der Waals surface area contributed by atoms with Crippen LogP contribution in [-0.4, -0.2) is 28.9 Å². The number of hydrogen-bond acceptors (Lipinski definition) is 4. The number of likely N-dealkylation sites (N-methyl/N-ethyl adjacent to an activating group) is 1. The van der Waals surface area contributed by atoms with E-state index in [-0.39, 0.29) is 11.7 Å². The second-order valence-electron chi connectivity index (χ2n) is 8.07. The van der Waals surface area contributed by atoms with E-state index in [4.69, 9.17) is 4.74 Å². The van der Waals surface area contributed by atoms with Gasteiger partial charge in [0.1, 0.15) is 18.2 Å². The van der Waals surface area contributed by atoms with E-state index in [0.29, 0.717) is 29.2 Å². The fourth-order valence-corrected chi connectivity index (χ4v) is 4.31. The van der Waals surface area contributed by atoms with Crippen LogP contribution in [0.15, 0.2) is 60.8 Å². The number of fused-ring (bicyclic) bond motifs is 2. The number of benzene rings is 2. The number of nitrogens with zero attached hydrogens (tertiary/aromatic N) is 2. The first-order chi connectivity index (χ1) is 15.6. The standard InChI is InChI=1S/C26H24FN3O2/c1-2-30(12-10-20-5-3-4-11-28-20)15-17-6-8-21-18(13-17)16-32-25(21)24-22-14-19(27)7-9-23(22)29-26(24)31/h3-9,11,13-14H,2,10,12,15-16H2,1H3,(H,29,31)/b25-24+. The highest BCUT2D eigenvalue weighted by Gasteiger charge is 2.32. The van der Waals surface area contributed by atoms with Crippen molar-refractivity contribution in [2.24, 2.45) is 0 Å². The summed E-state index contributed by atoms with van der Waals surface area (Å²) in [6.45, 7) is 5.26. The molecule has 5 rings (SSSR count). The second-order valence-corrected chi connectivity index (χ2v) is 8.07. The molecular weight excluding hydrogens is 405 g/mol. The van der Waals surface area contributed by atoms with Gasteiger partial charge in [-0.2, -0.15) is 0 Å². The molecular formula is C26H24FN3O2. The third kappa shape index (κ3) is 3.89. The summed E-state index contributed by atoms with van der Waals surface area (Å²) < 4.78 is 19.8. The summed E-state index contributed by atoms with van der Waals surface area (Å²) in [5.74, 6) is -0.114. The maximum atomic E-state index is 13.8. The minimum atomic E-state index is -0.378. The third-order valence-corrected chi connectivity index (χ3v) is 6.00. The van der Waals surface area contributed by atoms with Crippen molar-refractivity contribution in [1.82, 2.24) is 9.88 Å². The topological polar surface area (TPSA) is 54.5 Å². The number of anilines is 1. The summed E-state index contributed by atoms with van der Waals surface area (Å²) in [6.07, 6.45) is 2.74. The van der Waals surface area contributed by atoms with Crippen LogP contribution in [0.25, 0.3) is 11.3 Å². The van der Waals surface area contributed by atoms with Crippen molar-refractivity contribution < 1.29 is 13.9 Å². The first kappa shape index (κ1) is 20.4. The largest absolute Gasteiger partial charge is 0.487 e. The Bertz CT molecular complexity index is 1210. The van der Waals surface area contributed by atoms with Crippen molar-refractivity contribution >= 4 is 22.9 Å². The first-order valence-electron chi connectivity index (χ1n) is 10.8. The van der Waals surface area contributed by atoms with E-state index in [2.05, 4.69) is 40.3 Å². The van der Waals surface area contributed by atoms with Crippen LogP contribution < -0.4 is 5.32 Å². The molecule has 0 aliphatic carbocycles. The molecule has 0 spiro atoms. The van der Waals surface area contributed by atoms with Gasteiger partial charge in [-0.05, 0) is 42.4 Å². The molecule has 32 heavy (non-hydrogen) atoms. The predicted octanol–water partition coefficient (Wildman–Crippen LogP) is 4.64. The van der Waals surface area contributed by atoms with Crippen LogP contribution in [0.4, 0.5) is 10.1 Å². The first-order valence-corrected chi connectivity index (χ1v) is 10.8. The third-order valence-electron chi connectivity index (χ3n) is 6.00. The number of ether oxygens (including phenoxy) is 1. The molecule has 1 amide bonds. The van der Waals surface area contributed by atoms with Gasteiger partial charge in [0.05, 0.1) is 5.57 Å². The number of rotatable bonds is 6. The Morgan fingerprint density at radius 2 is 2.03 bits per heavy atom. The van der Waals surface area contributed by atoms with E-state index < -0.39 is 0 Å². The Hall–Kier alpha value is -3.51. The van der Waals surface area contributed by atoms with Crippen LogP contribution in [0.5, 0.6) is 0 Å². The molecule has 2 aromatic carbocycles. The van der Waals surface area contributed by atoms with Gasteiger partial charge in [-0.25, -0.2) is 4.39 Å². The number of aromatic nitrogens is 1. The van der Waals surface area contributed by atoms with E-state index in [1.165, 1.54) is 17.7 Å². The molecule has 3 aromatic rings. The van der Waals surface area contributed by atoms with Gasteiger partial charge in [-0.15, -0.1) is 0 Å². The molecule has 0 fully saturated rings. The van der Waals surface area contributed by atoms with E-state index in [9.17, 15) is 9.18 Å². The van der Waals surface area contributed by atoms with Crippen molar-refractivity contribution in [1.29, 1.82) is 0 Å². The number of carbonyl (C=O) groups excluding carboxylic acids is 1. The van der Waals surface area contributed by atoms with E-state index >= 15 is 0 Å². The maximum Gasteiger partial charge on any atom is 0.260 e. The highest BCUT2D eigenvalue weighted by Crippen LogP contribution is 2.42. The SMILES string of the molecule is CCN(CCc1ccccn1)Cc1ccc2c(c1)CO/C2=C1/C(=O)Nc2ccc(F)cc21. The zero-order chi connectivity index (χ0) is 22.1. The zero-order valence-corrected chi connectivity index (χ0v) is 17.9. The monoisotopic (exact) mass is 429 g/mol. The van der Waals surface area contributed by atoms with Crippen LogP contribution >= 0.6 is 0 Å². The molecule has 0 radical (unpaired) electrons. The number of amides is 1. The molecule has 0 saturated heterocycles. The lowest BCUT2D eigenvalue weighted by atomic mass is 9.99. The van der Waals surface area contributed by atoms with Crippen molar-refractivity contribution in [2.45, 2.75) is 26.5 Å². The lowest BCUT2D eigenvalue weighted by Gasteiger charge is -2.20. The van der Waals surface area contributed by atoms with E-state index in [0.717, 1.165) is 42.9 Å². The van der Waals surface area contributed by atoms with Crippen molar-refractivity contribution in [3.05, 3.63) is 94.6 Å². The van der Waals surface area contributed by atoms with Gasteiger partial charge < -0.3 is 10.1 Å². The Balaban J connectivity index is 1.37. The van der Waals surface area contributed by atoms with Gasteiger partial charge in [-0.1, -0.05) is 31.2 Å². The average Bonchev–Trinajstić information content (AvgIpc) is 3.36. The number of carbonyl (C=O) groups is 1. The second kappa shape index (κ2) is 8.55. The predicted molar refractivity (Wildman–Crippen MR) is 122 cm³/mol. The molecule has 0 bridgehead atoms. The molecule has 2 aliphatic rings. The highest BCUT2D eigenvalue weighted by molar-refractivity contribution is 6.36. The number of pyridine rings is 1. The Morgan fingerprint density at radius 1 is 1.12 bits per heavy atom. The molecule has 0 unspecified atom stereocenters. The summed E-state index contributed by atoms with van der Waals surface area (Å²) in [7, 11) is 0. The Morgan fingerprint density at radius 3 is 2.84 bits per heavy atom. The molecule has 3 heterocycles. The Kier molecular flexibility index (Phi) is 5.45. The van der Waals surface area contributed by atoms with Crippen molar-refractivity contribution in [3.8, 4) is 0 Å². The number of hydrogen-bond donors (Lipinski definition) is 1. The number of nitrogens with one attached hydrogen (secondary N) is 1. The molecule has 2 aliphatic heterocycles. The molecule has 1 N–H and O–H groups in total. The van der Waals surface area contributed by atoms with Gasteiger partial charge >= 0.3 is 0 Å². The van der Waals surface area contributed by atoms with Gasteiger partial charge in [0, 0.05) is 53.8 Å². The smallest absolute Gasteiger partial charge is 0.260 e. The highest BCUT2D eigenvalue weighted by atomic mass is 19.1. The van der Waals surface area contributed by atoms with Crippen LogP contribution in [0.2, 0.25) is 0 Å². The van der Waals surface area contributed by atoms with Crippen LogP contribution in [-0.2, 0) is 29.1 Å². The Labute approximate surface area is 186 Å². The van der Waals surface area contributed by atoms with Crippen molar-refractivity contribution in [2.75, 3.05) is 18.4 Å². The van der Waals surface area contributed by atoms with Crippen LogP contribution in [0, 0.1) is 5.82 Å². The minimum Gasteiger partial charge on any atom is -0.487 e. The lowest BCUT2D eigenvalue weighted by molar-refractivity contribution is -0.110. The summed E-state index contributed by atoms with van der Waals surface area (Å²) in [5.41, 5.74) is 5.79. The van der Waals surface area contributed by atoms with Gasteiger partial charge in [0.15, 0.2) is 0 Å². The molecule has 5 nitrogen and oxygen atoms in total. The average molecular weight is 429 g/mol. The van der Waals surface area contributed by atoms with Gasteiger partial charge in [0.2, 0.25) is 0 Å². The maximum absolute atomic E-state index is 13.8. The van der Waals surface area contributed by atoms with Crippen molar-refractivity contribution in [3.63, 3.8) is 0 Å². The molecule has 6 heteroatoms. The molecule has 0 atom stereocenters. The summed E-state index contributed by atoms with van der Waals surface area (Å²) >= 11 is 0.